The maximum Gasteiger partial charge on any atom is 0.224 e. The van der Waals surface area contributed by atoms with Gasteiger partial charge in [-0.1, -0.05) is 12.5 Å². The monoisotopic (exact) mass is 408 g/mol. The van der Waals surface area contributed by atoms with Crippen LogP contribution < -0.4 is 10.2 Å². The molecule has 1 saturated carbocycles. The first-order valence-electron chi connectivity index (χ1n) is 11.0. The zero-order valence-electron chi connectivity index (χ0n) is 18.0. The van der Waals surface area contributed by atoms with Gasteiger partial charge in [-0.25, -0.2) is 9.97 Å². The number of anilines is 1. The summed E-state index contributed by atoms with van der Waals surface area (Å²) >= 11 is 0. The van der Waals surface area contributed by atoms with Gasteiger partial charge in [0.15, 0.2) is 0 Å². The fraction of sp³-hybridized carbons (Fsp3) is 0.565. The van der Waals surface area contributed by atoms with Crippen LogP contribution in [0.4, 0.5) is 5.95 Å². The molecule has 7 nitrogen and oxygen atoms in total. The van der Waals surface area contributed by atoms with Gasteiger partial charge in [0.2, 0.25) is 11.9 Å². The summed E-state index contributed by atoms with van der Waals surface area (Å²) in [5.74, 6) is 1.55. The molecule has 2 aliphatic rings. The van der Waals surface area contributed by atoms with Gasteiger partial charge in [-0.15, -0.1) is 0 Å². The average Bonchev–Trinajstić information content (AvgIpc) is 2.72. The zero-order chi connectivity index (χ0) is 20.9. The molecular weight excluding hydrogens is 376 g/mol. The first-order chi connectivity index (χ1) is 14.6. The SMILES string of the molecule is CN(C)c1ncc(CN2CCC([C@@H](NC(=O)C3CCC3)c3ccccn3)CC2)cn1. The highest BCUT2D eigenvalue weighted by atomic mass is 16.2. The Labute approximate surface area is 178 Å². The molecule has 2 fully saturated rings. The zero-order valence-corrected chi connectivity index (χ0v) is 18.0. The molecule has 1 aliphatic heterocycles. The molecule has 1 aliphatic carbocycles. The van der Waals surface area contributed by atoms with Gasteiger partial charge in [0.1, 0.15) is 0 Å². The van der Waals surface area contributed by atoms with E-state index in [0.717, 1.165) is 62.5 Å². The van der Waals surface area contributed by atoms with Gasteiger partial charge in [0, 0.05) is 50.7 Å². The number of nitrogens with zero attached hydrogens (tertiary/aromatic N) is 5. The molecule has 0 radical (unpaired) electrons. The summed E-state index contributed by atoms with van der Waals surface area (Å²) in [5.41, 5.74) is 2.12. The number of likely N-dealkylation sites (tertiary alicyclic amines) is 1. The quantitative estimate of drug-likeness (QED) is 0.759. The van der Waals surface area contributed by atoms with Gasteiger partial charge >= 0.3 is 0 Å². The molecule has 160 valence electrons. The molecule has 1 amide bonds. The van der Waals surface area contributed by atoms with Gasteiger partial charge in [0.25, 0.3) is 0 Å². The van der Waals surface area contributed by atoms with Crippen LogP contribution in [0.15, 0.2) is 36.8 Å². The van der Waals surface area contributed by atoms with Crippen LogP contribution in [0.25, 0.3) is 0 Å². The predicted octanol–water partition coefficient (Wildman–Crippen LogP) is 2.81. The second-order valence-corrected chi connectivity index (χ2v) is 8.77. The highest BCUT2D eigenvalue weighted by Crippen LogP contribution is 2.33. The minimum atomic E-state index is 0.00385. The number of carbonyl (C=O) groups excluding carboxylic acids is 1. The van der Waals surface area contributed by atoms with Gasteiger partial charge in [-0.05, 0) is 56.8 Å². The van der Waals surface area contributed by atoms with Gasteiger partial charge in [-0.2, -0.15) is 0 Å². The lowest BCUT2D eigenvalue weighted by atomic mass is 9.83. The Morgan fingerprint density at radius 3 is 2.43 bits per heavy atom. The van der Waals surface area contributed by atoms with E-state index in [4.69, 9.17) is 0 Å². The smallest absolute Gasteiger partial charge is 0.224 e. The Bertz CT molecular complexity index is 813. The molecule has 0 spiro atoms. The van der Waals surface area contributed by atoms with E-state index in [1.807, 2.05) is 55.8 Å². The highest BCUT2D eigenvalue weighted by molar-refractivity contribution is 5.79. The van der Waals surface area contributed by atoms with Crippen molar-refractivity contribution in [2.45, 2.75) is 44.7 Å². The van der Waals surface area contributed by atoms with E-state index in [-0.39, 0.29) is 17.9 Å². The van der Waals surface area contributed by atoms with Crippen LogP contribution in [0.3, 0.4) is 0 Å². The fourth-order valence-electron chi connectivity index (χ4n) is 4.30. The topological polar surface area (TPSA) is 74.2 Å². The Hall–Kier alpha value is -2.54. The van der Waals surface area contributed by atoms with E-state index in [0.29, 0.717) is 5.92 Å². The maximum absolute atomic E-state index is 12.7. The Morgan fingerprint density at radius 1 is 1.13 bits per heavy atom. The third-order valence-electron chi connectivity index (χ3n) is 6.38. The number of pyridine rings is 1. The van der Waals surface area contributed by atoms with Crippen molar-refractivity contribution in [3.8, 4) is 0 Å². The van der Waals surface area contributed by atoms with Crippen molar-refractivity contribution in [2.75, 3.05) is 32.1 Å². The molecule has 3 heterocycles. The summed E-state index contributed by atoms with van der Waals surface area (Å²) < 4.78 is 0. The third kappa shape index (κ3) is 4.95. The molecule has 1 atom stereocenters. The van der Waals surface area contributed by atoms with Crippen molar-refractivity contribution in [3.63, 3.8) is 0 Å². The molecule has 0 bridgehead atoms. The fourth-order valence-corrected chi connectivity index (χ4v) is 4.30. The van der Waals surface area contributed by atoms with E-state index in [1.54, 1.807) is 0 Å². The first kappa shape index (κ1) is 20.7. The Kier molecular flexibility index (Phi) is 6.57. The van der Waals surface area contributed by atoms with Crippen LogP contribution in [0.5, 0.6) is 0 Å². The summed E-state index contributed by atoms with van der Waals surface area (Å²) in [6, 6.07) is 5.99. The molecule has 30 heavy (non-hydrogen) atoms. The molecule has 1 N–H and O–H groups in total. The standard InChI is InChI=1S/C23H32N6O/c1-28(2)23-25-14-17(15-26-23)16-29-12-9-18(10-13-29)21(20-8-3-4-11-24-20)27-22(30)19-6-5-7-19/h3-4,8,11,14-15,18-19,21H,5-7,9-10,12-13,16H2,1-2H3,(H,27,30)/t21-/m1/s1. The summed E-state index contributed by atoms with van der Waals surface area (Å²) in [4.78, 5) is 30.4. The number of piperidine rings is 1. The van der Waals surface area contributed by atoms with Crippen LogP contribution in [0.1, 0.15) is 49.4 Å². The number of hydrogen-bond acceptors (Lipinski definition) is 6. The molecule has 2 aromatic heterocycles. The second-order valence-electron chi connectivity index (χ2n) is 8.77. The van der Waals surface area contributed by atoms with E-state index in [9.17, 15) is 4.79 Å². The number of aromatic nitrogens is 3. The molecular formula is C23H32N6O. The van der Waals surface area contributed by atoms with Crippen molar-refractivity contribution in [1.29, 1.82) is 0 Å². The summed E-state index contributed by atoms with van der Waals surface area (Å²) in [5, 5.41) is 3.34. The lowest BCUT2D eigenvalue weighted by Gasteiger charge is -2.37. The Morgan fingerprint density at radius 2 is 1.87 bits per heavy atom. The molecule has 7 heteroatoms. The van der Waals surface area contributed by atoms with Crippen LogP contribution in [0.2, 0.25) is 0 Å². The lowest BCUT2D eigenvalue weighted by Crippen LogP contribution is -2.43. The summed E-state index contributed by atoms with van der Waals surface area (Å²) in [7, 11) is 3.89. The van der Waals surface area contributed by atoms with Crippen LogP contribution in [0, 0.1) is 11.8 Å². The molecule has 1 saturated heterocycles. The average molecular weight is 409 g/mol. The molecule has 2 aromatic rings. The second kappa shape index (κ2) is 9.51. The van der Waals surface area contributed by atoms with Crippen LogP contribution >= 0.6 is 0 Å². The largest absolute Gasteiger partial charge is 0.347 e. The number of amides is 1. The first-order valence-corrected chi connectivity index (χ1v) is 11.0. The highest BCUT2D eigenvalue weighted by Gasteiger charge is 2.33. The Balaban J connectivity index is 1.36. The summed E-state index contributed by atoms with van der Waals surface area (Å²) in [6.07, 6.45) is 11.0. The normalized spacial score (nSPS) is 19.1. The lowest BCUT2D eigenvalue weighted by molar-refractivity contribution is -0.128. The van der Waals surface area contributed by atoms with E-state index in [2.05, 4.69) is 25.2 Å². The molecule has 4 rings (SSSR count). The number of rotatable bonds is 7. The van der Waals surface area contributed by atoms with E-state index in [1.165, 1.54) is 6.42 Å². The van der Waals surface area contributed by atoms with Gasteiger partial charge in [0.05, 0.1) is 11.7 Å². The third-order valence-corrected chi connectivity index (χ3v) is 6.38. The van der Waals surface area contributed by atoms with Crippen LogP contribution in [-0.2, 0) is 11.3 Å². The molecule has 0 unspecified atom stereocenters. The van der Waals surface area contributed by atoms with Crippen molar-refractivity contribution in [1.82, 2.24) is 25.2 Å². The van der Waals surface area contributed by atoms with Crippen molar-refractivity contribution in [3.05, 3.63) is 48.0 Å². The van der Waals surface area contributed by atoms with Crippen molar-refractivity contribution < 1.29 is 4.79 Å². The molecule has 0 aromatic carbocycles. The van der Waals surface area contributed by atoms with Crippen molar-refractivity contribution in [2.24, 2.45) is 11.8 Å². The van der Waals surface area contributed by atoms with Crippen LogP contribution in [-0.4, -0.2) is 52.9 Å². The van der Waals surface area contributed by atoms with Crippen molar-refractivity contribution >= 4 is 11.9 Å². The van der Waals surface area contributed by atoms with Gasteiger partial charge < -0.3 is 10.2 Å². The minimum Gasteiger partial charge on any atom is -0.347 e. The number of nitrogens with one attached hydrogen (secondary N) is 1. The van der Waals surface area contributed by atoms with E-state index >= 15 is 0 Å². The number of hydrogen-bond donors (Lipinski definition) is 1. The summed E-state index contributed by atoms with van der Waals surface area (Å²) in [6.45, 7) is 2.87. The predicted molar refractivity (Wildman–Crippen MR) is 117 cm³/mol. The van der Waals surface area contributed by atoms with E-state index < -0.39 is 0 Å². The minimum absolute atomic E-state index is 0.00385. The van der Waals surface area contributed by atoms with Gasteiger partial charge in [-0.3, -0.25) is 14.7 Å². The maximum atomic E-state index is 12.7. The number of carbonyl (C=O) groups is 1.